The van der Waals surface area contributed by atoms with E-state index in [1.807, 2.05) is 0 Å². The van der Waals surface area contributed by atoms with Gasteiger partial charge in [0.25, 0.3) is 0 Å². The van der Waals surface area contributed by atoms with Gasteiger partial charge in [0.1, 0.15) is 0 Å². The highest BCUT2D eigenvalue weighted by Crippen LogP contribution is 2.10. The van der Waals surface area contributed by atoms with Crippen molar-refractivity contribution in [3.63, 3.8) is 0 Å². The fourth-order valence-electron chi connectivity index (χ4n) is 2.08. The summed E-state index contributed by atoms with van der Waals surface area (Å²) < 4.78 is 25.6. The van der Waals surface area contributed by atoms with E-state index in [-0.39, 0.29) is 30.9 Å². The predicted octanol–water partition coefficient (Wildman–Crippen LogP) is 2.14. The molecule has 0 radical (unpaired) electrons. The molecule has 1 aromatic rings. The minimum Gasteiger partial charge on any atom is -0.352 e. The van der Waals surface area contributed by atoms with Crippen molar-refractivity contribution in [2.45, 2.75) is 31.8 Å². The van der Waals surface area contributed by atoms with Gasteiger partial charge < -0.3 is 10.6 Å². The molecular formula is C13H17ClF2N2O. The van der Waals surface area contributed by atoms with E-state index in [0.29, 0.717) is 12.0 Å². The largest absolute Gasteiger partial charge is 0.352 e. The van der Waals surface area contributed by atoms with Crippen LogP contribution in [-0.2, 0) is 11.3 Å². The van der Waals surface area contributed by atoms with Crippen molar-refractivity contribution in [1.29, 1.82) is 0 Å². The number of carbonyl (C=O) groups excluding carboxylic acids is 1. The van der Waals surface area contributed by atoms with Crippen molar-refractivity contribution in [3.8, 4) is 0 Å². The molecule has 0 bridgehead atoms. The molecule has 0 spiro atoms. The maximum atomic E-state index is 12.9. The summed E-state index contributed by atoms with van der Waals surface area (Å²) in [6, 6.07) is 3.88. The molecule has 1 amide bonds. The normalized spacial score (nSPS) is 17.9. The Morgan fingerprint density at radius 1 is 1.37 bits per heavy atom. The monoisotopic (exact) mass is 290 g/mol. The SMILES string of the molecule is Cl.O=C(CC1CCCN1)NCc1ccc(F)c(F)c1. The molecule has 1 aromatic carbocycles. The molecule has 1 unspecified atom stereocenters. The van der Waals surface area contributed by atoms with Gasteiger partial charge in [0.2, 0.25) is 5.91 Å². The smallest absolute Gasteiger partial charge is 0.221 e. The van der Waals surface area contributed by atoms with Gasteiger partial charge in [-0.25, -0.2) is 8.78 Å². The Balaban J connectivity index is 0.00000180. The van der Waals surface area contributed by atoms with Gasteiger partial charge in [-0.1, -0.05) is 6.07 Å². The highest BCUT2D eigenvalue weighted by atomic mass is 35.5. The molecule has 0 aromatic heterocycles. The Bertz CT molecular complexity index is 437. The van der Waals surface area contributed by atoms with Gasteiger partial charge in [-0.15, -0.1) is 12.4 Å². The molecular weight excluding hydrogens is 274 g/mol. The third kappa shape index (κ3) is 4.76. The molecule has 3 nitrogen and oxygen atoms in total. The van der Waals surface area contributed by atoms with Crippen molar-refractivity contribution in [2.75, 3.05) is 6.54 Å². The molecule has 19 heavy (non-hydrogen) atoms. The van der Waals surface area contributed by atoms with Gasteiger partial charge in [0.15, 0.2) is 11.6 Å². The number of halogens is 3. The summed E-state index contributed by atoms with van der Waals surface area (Å²) in [4.78, 5) is 11.6. The van der Waals surface area contributed by atoms with E-state index in [4.69, 9.17) is 0 Å². The van der Waals surface area contributed by atoms with Crippen LogP contribution in [0, 0.1) is 11.6 Å². The molecule has 0 aliphatic carbocycles. The van der Waals surface area contributed by atoms with E-state index in [0.717, 1.165) is 31.5 Å². The Morgan fingerprint density at radius 3 is 2.79 bits per heavy atom. The summed E-state index contributed by atoms with van der Waals surface area (Å²) in [5.41, 5.74) is 0.557. The molecule has 1 aliphatic rings. The maximum absolute atomic E-state index is 12.9. The van der Waals surface area contributed by atoms with Crippen LogP contribution < -0.4 is 10.6 Å². The Morgan fingerprint density at radius 2 is 2.16 bits per heavy atom. The van der Waals surface area contributed by atoms with Gasteiger partial charge >= 0.3 is 0 Å². The molecule has 1 fully saturated rings. The zero-order valence-corrected chi connectivity index (χ0v) is 11.2. The van der Waals surface area contributed by atoms with E-state index in [1.54, 1.807) is 0 Å². The van der Waals surface area contributed by atoms with E-state index < -0.39 is 11.6 Å². The van der Waals surface area contributed by atoms with E-state index >= 15 is 0 Å². The molecule has 1 aliphatic heterocycles. The molecule has 1 saturated heterocycles. The van der Waals surface area contributed by atoms with Gasteiger partial charge in [-0.2, -0.15) is 0 Å². The van der Waals surface area contributed by atoms with Gasteiger partial charge in [-0.05, 0) is 37.1 Å². The average Bonchev–Trinajstić information content (AvgIpc) is 2.83. The van der Waals surface area contributed by atoms with Gasteiger partial charge in [-0.3, -0.25) is 4.79 Å². The number of nitrogens with one attached hydrogen (secondary N) is 2. The Hall–Kier alpha value is -1.20. The summed E-state index contributed by atoms with van der Waals surface area (Å²) in [6.45, 7) is 1.18. The number of benzene rings is 1. The van der Waals surface area contributed by atoms with Crippen molar-refractivity contribution in [2.24, 2.45) is 0 Å². The number of amides is 1. The number of rotatable bonds is 4. The topological polar surface area (TPSA) is 41.1 Å². The second-order valence-electron chi connectivity index (χ2n) is 4.52. The zero-order valence-electron chi connectivity index (χ0n) is 10.4. The predicted molar refractivity (Wildman–Crippen MR) is 71.1 cm³/mol. The van der Waals surface area contributed by atoms with Crippen LogP contribution in [0.1, 0.15) is 24.8 Å². The second-order valence-corrected chi connectivity index (χ2v) is 4.52. The molecule has 106 valence electrons. The van der Waals surface area contributed by atoms with Crippen molar-refractivity contribution in [1.82, 2.24) is 10.6 Å². The second kappa shape index (κ2) is 7.40. The van der Waals surface area contributed by atoms with Crippen LogP contribution in [0.3, 0.4) is 0 Å². The third-order valence-corrected chi connectivity index (χ3v) is 3.07. The summed E-state index contributed by atoms with van der Waals surface area (Å²) in [5.74, 6) is -1.83. The minimum atomic E-state index is -0.890. The lowest BCUT2D eigenvalue weighted by atomic mass is 10.1. The fraction of sp³-hybridized carbons (Fsp3) is 0.462. The molecule has 2 N–H and O–H groups in total. The number of hydrogen-bond acceptors (Lipinski definition) is 2. The first-order valence-electron chi connectivity index (χ1n) is 6.09. The van der Waals surface area contributed by atoms with Crippen molar-refractivity contribution >= 4 is 18.3 Å². The quantitative estimate of drug-likeness (QED) is 0.892. The minimum absolute atomic E-state index is 0. The molecule has 2 rings (SSSR count). The van der Waals surface area contributed by atoms with Crippen LogP contribution >= 0.6 is 12.4 Å². The highest BCUT2D eigenvalue weighted by Gasteiger charge is 2.17. The summed E-state index contributed by atoms with van der Waals surface area (Å²) >= 11 is 0. The molecule has 6 heteroatoms. The first kappa shape index (κ1) is 15.9. The number of carbonyl (C=O) groups is 1. The standard InChI is InChI=1S/C13H16F2N2O.ClH/c14-11-4-3-9(6-12(11)15)8-17-13(18)7-10-2-1-5-16-10;/h3-4,6,10,16H,1-2,5,7-8H2,(H,17,18);1H. The van der Waals surface area contributed by atoms with Gasteiger partial charge in [0, 0.05) is 19.0 Å². The number of hydrogen-bond donors (Lipinski definition) is 2. The van der Waals surface area contributed by atoms with E-state index in [1.165, 1.54) is 6.07 Å². The first-order valence-corrected chi connectivity index (χ1v) is 6.09. The first-order chi connectivity index (χ1) is 8.65. The molecule has 0 saturated carbocycles. The van der Waals surface area contributed by atoms with E-state index in [9.17, 15) is 13.6 Å². The zero-order chi connectivity index (χ0) is 13.0. The lowest BCUT2D eigenvalue weighted by molar-refractivity contribution is -0.121. The highest BCUT2D eigenvalue weighted by molar-refractivity contribution is 5.85. The van der Waals surface area contributed by atoms with Crippen LogP contribution in [0.15, 0.2) is 18.2 Å². The third-order valence-electron chi connectivity index (χ3n) is 3.07. The fourth-order valence-corrected chi connectivity index (χ4v) is 2.08. The molecule has 1 atom stereocenters. The average molecular weight is 291 g/mol. The summed E-state index contributed by atoms with van der Waals surface area (Å²) in [7, 11) is 0. The van der Waals surface area contributed by atoms with Gasteiger partial charge in [0.05, 0.1) is 0 Å². The van der Waals surface area contributed by atoms with Crippen LogP contribution in [0.2, 0.25) is 0 Å². The van der Waals surface area contributed by atoms with Crippen LogP contribution in [0.4, 0.5) is 8.78 Å². The van der Waals surface area contributed by atoms with Crippen LogP contribution in [0.5, 0.6) is 0 Å². The lowest BCUT2D eigenvalue weighted by Crippen LogP contribution is -2.31. The summed E-state index contributed by atoms with van der Waals surface area (Å²) in [6.07, 6.45) is 2.55. The Labute approximate surface area is 117 Å². The van der Waals surface area contributed by atoms with Crippen LogP contribution in [0.25, 0.3) is 0 Å². The van der Waals surface area contributed by atoms with E-state index in [2.05, 4.69) is 10.6 Å². The maximum Gasteiger partial charge on any atom is 0.221 e. The van der Waals surface area contributed by atoms with Crippen LogP contribution in [-0.4, -0.2) is 18.5 Å². The lowest BCUT2D eigenvalue weighted by Gasteiger charge is -2.10. The van der Waals surface area contributed by atoms with Crippen molar-refractivity contribution < 1.29 is 13.6 Å². The van der Waals surface area contributed by atoms with Crippen molar-refractivity contribution in [3.05, 3.63) is 35.4 Å². The molecule has 1 heterocycles. The summed E-state index contributed by atoms with van der Waals surface area (Å²) in [5, 5.41) is 5.94. The Kier molecular flexibility index (Phi) is 6.18.